The van der Waals surface area contributed by atoms with E-state index >= 15 is 0 Å². The molecule has 0 saturated carbocycles. The van der Waals surface area contributed by atoms with Crippen LogP contribution < -0.4 is 15.9 Å². The highest BCUT2D eigenvalue weighted by Gasteiger charge is 2.50. The van der Waals surface area contributed by atoms with Crippen molar-refractivity contribution in [3.8, 4) is 0 Å². The molecule has 0 aliphatic carbocycles. The van der Waals surface area contributed by atoms with E-state index in [0.29, 0.717) is 0 Å². The summed E-state index contributed by atoms with van der Waals surface area (Å²) in [6.45, 7) is 4.30. The number of ether oxygens (including phenoxy) is 1. The minimum absolute atomic E-state index is 0.820. The molecular weight excluding hydrogens is 299 g/mol. The fourth-order valence-electron chi connectivity index (χ4n) is 2.97. The molecule has 0 spiro atoms. The molecule has 0 amide bonds. The van der Waals surface area contributed by atoms with Gasteiger partial charge in [0.1, 0.15) is 15.9 Å². The van der Waals surface area contributed by atoms with Crippen LogP contribution in [-0.2, 0) is 4.74 Å². The lowest BCUT2D eigenvalue weighted by molar-refractivity contribution is 0.324. The van der Waals surface area contributed by atoms with Crippen LogP contribution in [-0.4, -0.2) is 7.11 Å². The molecule has 0 unspecified atom stereocenters. The molecule has 2 heteroatoms. The number of hydrogen-bond acceptors (Lipinski definition) is 1. The second kappa shape index (κ2) is 6.81. The maximum Gasteiger partial charge on any atom is 0.248 e. The third kappa shape index (κ3) is 2.69. The Labute approximate surface area is 138 Å². The van der Waals surface area contributed by atoms with Gasteiger partial charge in [-0.3, -0.25) is 0 Å². The molecule has 3 aromatic rings. The molecule has 0 fully saturated rings. The van der Waals surface area contributed by atoms with Gasteiger partial charge in [0.15, 0.2) is 7.26 Å². The van der Waals surface area contributed by atoms with E-state index in [0.717, 1.165) is 5.50 Å². The summed E-state index contributed by atoms with van der Waals surface area (Å²) in [7, 11) is -0.347. The number of benzene rings is 3. The van der Waals surface area contributed by atoms with E-state index in [4.69, 9.17) is 4.74 Å². The highest BCUT2D eigenvalue weighted by Crippen LogP contribution is 2.61. The van der Waals surface area contributed by atoms with Crippen LogP contribution in [0.25, 0.3) is 0 Å². The molecule has 0 atom stereocenters. The molecule has 0 bridgehead atoms. The maximum absolute atomic E-state index is 5.73. The molecule has 23 heavy (non-hydrogen) atoms. The largest absolute Gasteiger partial charge is 0.469 e. The molecule has 3 rings (SSSR count). The van der Waals surface area contributed by atoms with Crippen LogP contribution in [0.4, 0.5) is 0 Å². The third-order valence-corrected chi connectivity index (χ3v) is 8.19. The van der Waals surface area contributed by atoms with Gasteiger partial charge in [-0.25, -0.2) is 0 Å². The monoisotopic (exact) mass is 319 g/mol. The average molecular weight is 319 g/mol. The Balaban J connectivity index is 2.38. The zero-order valence-electron chi connectivity index (χ0n) is 13.2. The molecule has 0 aliphatic heterocycles. The zero-order valence-corrected chi connectivity index (χ0v) is 14.1. The number of methoxy groups -OCH3 is 1. The van der Waals surface area contributed by atoms with Crippen LogP contribution in [0.5, 0.6) is 0 Å². The van der Waals surface area contributed by atoms with E-state index in [1.54, 1.807) is 7.11 Å². The van der Waals surface area contributed by atoms with Crippen molar-refractivity contribution in [3.05, 3.63) is 103 Å². The second-order valence-corrected chi connectivity index (χ2v) is 8.66. The van der Waals surface area contributed by atoms with Crippen LogP contribution in [0.2, 0.25) is 0 Å². The molecule has 1 nitrogen and oxygen atoms in total. The van der Waals surface area contributed by atoms with Crippen molar-refractivity contribution >= 4 is 23.2 Å². The summed E-state index contributed by atoms with van der Waals surface area (Å²) in [4.78, 5) is 0. The summed E-state index contributed by atoms with van der Waals surface area (Å²) in [6, 6.07) is 31.7. The van der Waals surface area contributed by atoms with Crippen molar-refractivity contribution in [2.45, 2.75) is 0 Å². The first kappa shape index (κ1) is 15.5. The normalized spacial score (nSPS) is 11.0. The lowest BCUT2D eigenvalue weighted by atomic mass is 10.4. The fraction of sp³-hybridized carbons (Fsp3) is 0.0476. The van der Waals surface area contributed by atoms with E-state index in [-0.39, 0.29) is 0 Å². The predicted molar refractivity (Wildman–Crippen MR) is 101 cm³/mol. The highest BCUT2D eigenvalue weighted by atomic mass is 31.2. The van der Waals surface area contributed by atoms with Crippen LogP contribution in [0.3, 0.4) is 0 Å². The zero-order chi connectivity index (χ0) is 16.1. The van der Waals surface area contributed by atoms with Crippen LogP contribution in [0.1, 0.15) is 0 Å². The molecule has 114 valence electrons. The average Bonchev–Trinajstić information content (AvgIpc) is 2.65. The number of rotatable bonds is 5. The van der Waals surface area contributed by atoms with Gasteiger partial charge in [-0.15, -0.1) is 0 Å². The van der Waals surface area contributed by atoms with Crippen molar-refractivity contribution in [2.75, 3.05) is 7.11 Å². The molecule has 0 aliphatic rings. The SMILES string of the molecule is C=C(OC)[P+](c1ccccc1)(c1ccccc1)c1ccccc1. The first-order valence-electron chi connectivity index (χ1n) is 7.59. The van der Waals surface area contributed by atoms with Crippen LogP contribution in [0, 0.1) is 0 Å². The molecule has 0 saturated heterocycles. The van der Waals surface area contributed by atoms with E-state index in [9.17, 15) is 0 Å². The molecule has 0 radical (unpaired) electrons. The summed E-state index contributed by atoms with van der Waals surface area (Å²) in [5.74, 6) is 0. The quantitative estimate of drug-likeness (QED) is 0.508. The Kier molecular flexibility index (Phi) is 4.60. The van der Waals surface area contributed by atoms with Crippen molar-refractivity contribution in [1.29, 1.82) is 0 Å². The van der Waals surface area contributed by atoms with Gasteiger partial charge in [-0.05, 0) is 43.0 Å². The Morgan fingerprint density at radius 1 is 0.652 bits per heavy atom. The fourth-order valence-corrected chi connectivity index (χ4v) is 6.86. The van der Waals surface area contributed by atoms with Gasteiger partial charge in [0.2, 0.25) is 5.50 Å². The van der Waals surface area contributed by atoms with Gasteiger partial charge < -0.3 is 4.74 Å². The minimum atomic E-state index is -2.06. The molecule has 0 N–H and O–H groups in total. The Morgan fingerprint density at radius 2 is 0.957 bits per heavy atom. The lowest BCUT2D eigenvalue weighted by Gasteiger charge is -2.27. The van der Waals surface area contributed by atoms with Crippen molar-refractivity contribution < 1.29 is 4.74 Å². The van der Waals surface area contributed by atoms with Crippen LogP contribution in [0.15, 0.2) is 103 Å². The maximum atomic E-state index is 5.73. The van der Waals surface area contributed by atoms with Crippen LogP contribution >= 0.6 is 7.26 Å². The third-order valence-electron chi connectivity index (χ3n) is 4.04. The van der Waals surface area contributed by atoms with Gasteiger partial charge in [0.25, 0.3) is 0 Å². The number of hydrogen-bond donors (Lipinski definition) is 0. The summed E-state index contributed by atoms with van der Waals surface area (Å²) in [5.41, 5.74) is 0.820. The van der Waals surface area contributed by atoms with E-state index in [1.807, 2.05) is 18.2 Å². The highest BCUT2D eigenvalue weighted by molar-refractivity contribution is 7.98. The Hall–Kier alpha value is -2.37. The van der Waals surface area contributed by atoms with E-state index in [1.165, 1.54) is 15.9 Å². The topological polar surface area (TPSA) is 9.23 Å². The molecule has 0 heterocycles. The van der Waals surface area contributed by atoms with Gasteiger partial charge in [-0.2, -0.15) is 0 Å². The van der Waals surface area contributed by atoms with Crippen molar-refractivity contribution in [1.82, 2.24) is 0 Å². The first-order valence-corrected chi connectivity index (χ1v) is 9.38. The lowest BCUT2D eigenvalue weighted by Crippen LogP contribution is -2.32. The predicted octanol–water partition coefficient (Wildman–Crippen LogP) is 4.10. The second-order valence-electron chi connectivity index (χ2n) is 5.28. The molecular formula is C21H20OP+. The summed E-state index contributed by atoms with van der Waals surface area (Å²) < 4.78 is 5.73. The van der Waals surface area contributed by atoms with Gasteiger partial charge >= 0.3 is 0 Å². The van der Waals surface area contributed by atoms with Gasteiger partial charge in [0, 0.05) is 0 Å². The molecule has 0 aromatic heterocycles. The summed E-state index contributed by atoms with van der Waals surface area (Å²) >= 11 is 0. The minimum Gasteiger partial charge on any atom is -0.469 e. The summed E-state index contributed by atoms with van der Waals surface area (Å²) in [5, 5.41) is 3.76. The van der Waals surface area contributed by atoms with Gasteiger partial charge in [0.05, 0.1) is 7.11 Å². The van der Waals surface area contributed by atoms with Gasteiger partial charge in [-0.1, -0.05) is 54.6 Å². The first-order chi connectivity index (χ1) is 11.3. The Morgan fingerprint density at radius 3 is 1.22 bits per heavy atom. The smallest absolute Gasteiger partial charge is 0.248 e. The van der Waals surface area contributed by atoms with Crippen molar-refractivity contribution in [2.24, 2.45) is 0 Å². The molecule has 3 aromatic carbocycles. The standard InChI is InChI=1S/C21H20OP/c1-18(22-2)23(19-12-6-3-7-13-19,20-14-8-4-9-15-20)21-16-10-5-11-17-21/h3-17H,1H2,2H3/q+1. The summed E-state index contributed by atoms with van der Waals surface area (Å²) in [6.07, 6.45) is 0. The van der Waals surface area contributed by atoms with E-state index < -0.39 is 7.26 Å². The van der Waals surface area contributed by atoms with E-state index in [2.05, 4.69) is 79.4 Å². The Bertz CT molecular complexity index is 670. The van der Waals surface area contributed by atoms with Crippen molar-refractivity contribution in [3.63, 3.8) is 0 Å².